The Morgan fingerprint density at radius 3 is 2.38 bits per heavy atom. The van der Waals surface area contributed by atoms with E-state index in [1.54, 1.807) is 37.3 Å². The number of carbonyl (C=O) groups is 1. The number of hydrogen-bond donors (Lipinski definition) is 0. The fourth-order valence-electron chi connectivity index (χ4n) is 1.58. The first-order valence-corrected chi connectivity index (χ1v) is 8.16. The van der Waals surface area contributed by atoms with Crippen LogP contribution in [0.4, 0.5) is 0 Å². The van der Waals surface area contributed by atoms with E-state index in [0.717, 1.165) is 4.90 Å². The Kier molecular flexibility index (Phi) is 9.11. The number of methoxy groups -OCH3 is 2. The van der Waals surface area contributed by atoms with Crippen molar-refractivity contribution in [3.05, 3.63) is 28.2 Å². The molecule has 0 bridgehead atoms. The van der Waals surface area contributed by atoms with Crippen molar-refractivity contribution >= 4 is 40.9 Å². The molecule has 7 heteroatoms. The highest BCUT2D eigenvalue weighted by atomic mass is 35.5. The molecule has 4 nitrogen and oxygen atoms in total. The molecule has 0 unspecified atom stereocenters. The first-order chi connectivity index (χ1) is 10.1. The Hall–Kier alpha value is -0.460. The maximum Gasteiger partial charge on any atom is 0.233 e. The molecule has 0 atom stereocenters. The minimum Gasteiger partial charge on any atom is -0.383 e. The zero-order chi connectivity index (χ0) is 15.7. The van der Waals surface area contributed by atoms with Gasteiger partial charge in [0.05, 0.1) is 24.0 Å². The summed E-state index contributed by atoms with van der Waals surface area (Å²) in [7, 11) is 3.22. The highest BCUT2D eigenvalue weighted by Gasteiger charge is 2.14. The third-order valence-corrected chi connectivity index (χ3v) is 4.44. The Balaban J connectivity index is 2.57. The zero-order valence-electron chi connectivity index (χ0n) is 12.1. The van der Waals surface area contributed by atoms with Gasteiger partial charge in [-0.2, -0.15) is 0 Å². The van der Waals surface area contributed by atoms with Crippen LogP contribution in [0.2, 0.25) is 10.0 Å². The fraction of sp³-hybridized carbons (Fsp3) is 0.500. The first kappa shape index (κ1) is 18.6. The van der Waals surface area contributed by atoms with E-state index in [1.165, 1.54) is 11.8 Å². The van der Waals surface area contributed by atoms with Crippen molar-refractivity contribution in [2.75, 3.05) is 46.3 Å². The maximum atomic E-state index is 12.2. The molecule has 0 aliphatic carbocycles. The molecule has 1 rings (SSSR count). The van der Waals surface area contributed by atoms with Crippen molar-refractivity contribution < 1.29 is 14.3 Å². The van der Waals surface area contributed by atoms with E-state index in [-0.39, 0.29) is 5.91 Å². The monoisotopic (exact) mass is 351 g/mol. The van der Waals surface area contributed by atoms with Crippen molar-refractivity contribution in [2.24, 2.45) is 0 Å². The lowest BCUT2D eigenvalue weighted by molar-refractivity contribution is -0.129. The quantitative estimate of drug-likeness (QED) is 0.640. The summed E-state index contributed by atoms with van der Waals surface area (Å²) in [5, 5.41) is 1.20. The van der Waals surface area contributed by atoms with E-state index in [4.69, 9.17) is 32.7 Å². The van der Waals surface area contributed by atoms with Crippen molar-refractivity contribution in [3.63, 3.8) is 0 Å². The van der Waals surface area contributed by atoms with Gasteiger partial charge in [-0.05, 0) is 18.2 Å². The van der Waals surface area contributed by atoms with E-state index < -0.39 is 0 Å². The largest absolute Gasteiger partial charge is 0.383 e. The van der Waals surface area contributed by atoms with Gasteiger partial charge in [0.15, 0.2) is 0 Å². The first-order valence-electron chi connectivity index (χ1n) is 6.42. The number of hydrogen-bond acceptors (Lipinski definition) is 4. The molecule has 118 valence electrons. The second-order valence-corrected chi connectivity index (χ2v) is 6.09. The van der Waals surface area contributed by atoms with Crippen LogP contribution in [0.15, 0.2) is 23.1 Å². The topological polar surface area (TPSA) is 38.8 Å². The SMILES string of the molecule is COCCN(CCOC)C(=O)CSc1cc(Cl)ccc1Cl. The molecule has 0 radical (unpaired) electrons. The molecule has 0 saturated heterocycles. The van der Waals surface area contributed by atoms with Crippen LogP contribution in [-0.2, 0) is 14.3 Å². The molecule has 1 aromatic rings. The Labute approximate surface area is 139 Å². The molecule has 0 aliphatic heterocycles. The summed E-state index contributed by atoms with van der Waals surface area (Å²) >= 11 is 13.4. The summed E-state index contributed by atoms with van der Waals surface area (Å²) in [5.41, 5.74) is 0. The van der Waals surface area contributed by atoms with Crippen LogP contribution < -0.4 is 0 Å². The predicted octanol–water partition coefficient (Wildman–Crippen LogP) is 3.21. The minimum atomic E-state index is 0.0187. The van der Waals surface area contributed by atoms with Gasteiger partial charge in [-0.25, -0.2) is 0 Å². The summed E-state index contributed by atoms with van der Waals surface area (Å²) in [4.78, 5) is 14.8. The molecule has 0 spiro atoms. The van der Waals surface area contributed by atoms with Gasteiger partial charge in [0.25, 0.3) is 0 Å². The van der Waals surface area contributed by atoms with Crippen LogP contribution in [0.25, 0.3) is 0 Å². The van der Waals surface area contributed by atoms with Gasteiger partial charge in [-0.15, -0.1) is 11.8 Å². The van der Waals surface area contributed by atoms with E-state index in [2.05, 4.69) is 0 Å². The van der Waals surface area contributed by atoms with E-state index >= 15 is 0 Å². The van der Waals surface area contributed by atoms with E-state index in [9.17, 15) is 4.79 Å². The average Bonchev–Trinajstić information content (AvgIpc) is 2.48. The van der Waals surface area contributed by atoms with Gasteiger partial charge in [-0.1, -0.05) is 23.2 Å². The lowest BCUT2D eigenvalue weighted by Gasteiger charge is -2.22. The number of benzene rings is 1. The molecule has 1 amide bonds. The van der Waals surface area contributed by atoms with Gasteiger partial charge >= 0.3 is 0 Å². The molecule has 21 heavy (non-hydrogen) atoms. The second kappa shape index (κ2) is 10.3. The van der Waals surface area contributed by atoms with Crippen LogP contribution in [0.1, 0.15) is 0 Å². The van der Waals surface area contributed by atoms with Gasteiger partial charge in [0.2, 0.25) is 5.91 Å². The third kappa shape index (κ3) is 6.89. The van der Waals surface area contributed by atoms with Crippen molar-refractivity contribution in [3.8, 4) is 0 Å². The van der Waals surface area contributed by atoms with Crippen molar-refractivity contribution in [1.82, 2.24) is 4.90 Å². The summed E-state index contributed by atoms with van der Waals surface area (Å²) < 4.78 is 10.0. The molecule has 0 heterocycles. The molecule has 0 N–H and O–H groups in total. The Bertz CT molecular complexity index is 452. The molecule has 0 saturated carbocycles. The number of halogens is 2. The summed E-state index contributed by atoms with van der Waals surface area (Å²) in [5.74, 6) is 0.318. The maximum absolute atomic E-state index is 12.2. The number of nitrogens with zero attached hydrogens (tertiary/aromatic N) is 1. The zero-order valence-corrected chi connectivity index (χ0v) is 14.4. The summed E-state index contributed by atoms with van der Waals surface area (Å²) in [6, 6.07) is 5.21. The van der Waals surface area contributed by atoms with Gasteiger partial charge in [0.1, 0.15) is 0 Å². The van der Waals surface area contributed by atoms with Gasteiger partial charge < -0.3 is 14.4 Å². The van der Waals surface area contributed by atoms with Crippen LogP contribution in [0, 0.1) is 0 Å². The minimum absolute atomic E-state index is 0.0187. The molecule has 0 aliphatic rings. The van der Waals surface area contributed by atoms with Crippen molar-refractivity contribution in [2.45, 2.75) is 4.90 Å². The van der Waals surface area contributed by atoms with Gasteiger partial charge in [-0.3, -0.25) is 4.79 Å². The summed E-state index contributed by atoms with van der Waals surface area (Å²) in [6.45, 7) is 2.08. The summed E-state index contributed by atoms with van der Waals surface area (Å²) in [6.07, 6.45) is 0. The average molecular weight is 352 g/mol. The van der Waals surface area contributed by atoms with Crippen LogP contribution >= 0.6 is 35.0 Å². The predicted molar refractivity (Wildman–Crippen MR) is 87.5 cm³/mol. The molecule has 1 aromatic carbocycles. The lowest BCUT2D eigenvalue weighted by atomic mass is 10.4. The van der Waals surface area contributed by atoms with Gasteiger partial charge in [0, 0.05) is 37.2 Å². The number of ether oxygens (including phenoxy) is 2. The number of carbonyl (C=O) groups excluding carboxylic acids is 1. The normalized spacial score (nSPS) is 10.7. The van der Waals surface area contributed by atoms with Crippen LogP contribution in [0.3, 0.4) is 0 Å². The van der Waals surface area contributed by atoms with E-state index in [1.807, 2.05) is 0 Å². The Morgan fingerprint density at radius 1 is 1.19 bits per heavy atom. The second-order valence-electron chi connectivity index (χ2n) is 4.23. The number of amides is 1. The molecular formula is C14H19Cl2NO3S. The molecule has 0 aromatic heterocycles. The molecular weight excluding hydrogens is 333 g/mol. The fourth-order valence-corrected chi connectivity index (χ4v) is 2.98. The smallest absolute Gasteiger partial charge is 0.233 e. The highest BCUT2D eigenvalue weighted by Crippen LogP contribution is 2.29. The molecule has 0 fully saturated rings. The number of rotatable bonds is 9. The Morgan fingerprint density at radius 2 is 1.81 bits per heavy atom. The number of thioether (sulfide) groups is 1. The van der Waals surface area contributed by atoms with Crippen molar-refractivity contribution in [1.29, 1.82) is 0 Å². The standard InChI is InChI=1S/C14H19Cl2NO3S/c1-19-7-5-17(6-8-20-2)14(18)10-21-13-9-11(15)3-4-12(13)16/h3-4,9H,5-8,10H2,1-2H3. The lowest BCUT2D eigenvalue weighted by Crippen LogP contribution is -2.37. The van der Waals surface area contributed by atoms with E-state index in [0.29, 0.717) is 42.1 Å². The van der Waals surface area contributed by atoms with Crippen LogP contribution in [-0.4, -0.2) is 57.1 Å². The van der Waals surface area contributed by atoms with Crippen LogP contribution in [0.5, 0.6) is 0 Å². The third-order valence-electron chi connectivity index (χ3n) is 2.73. The highest BCUT2D eigenvalue weighted by molar-refractivity contribution is 8.00.